The van der Waals surface area contributed by atoms with Gasteiger partial charge in [-0.05, 0) is 6.07 Å². The van der Waals surface area contributed by atoms with E-state index in [9.17, 15) is 9.59 Å². The normalized spacial score (nSPS) is 10.2. The number of ketones is 1. The molecule has 0 fully saturated rings. The number of hydrogen-bond donors (Lipinski definition) is 2. The molecule has 0 aliphatic carbocycles. The minimum Gasteiger partial charge on any atom is -0.360 e. The highest BCUT2D eigenvalue weighted by Gasteiger charge is 2.17. The first-order valence-electron chi connectivity index (χ1n) is 4.56. The first-order chi connectivity index (χ1) is 7.24. The molecular formula is C11H10N2O2. The van der Waals surface area contributed by atoms with E-state index in [0.717, 1.165) is 10.9 Å². The van der Waals surface area contributed by atoms with Crippen molar-refractivity contribution in [2.75, 3.05) is 7.05 Å². The van der Waals surface area contributed by atoms with Crippen LogP contribution in [0.25, 0.3) is 10.9 Å². The topological polar surface area (TPSA) is 62.0 Å². The molecule has 1 heterocycles. The minimum absolute atomic E-state index is 0.407. The number of aromatic nitrogens is 1. The van der Waals surface area contributed by atoms with Crippen molar-refractivity contribution >= 4 is 22.6 Å². The number of aromatic amines is 1. The number of amides is 1. The van der Waals surface area contributed by atoms with Gasteiger partial charge in [0, 0.05) is 24.1 Å². The lowest BCUT2D eigenvalue weighted by Gasteiger charge is -1.96. The molecule has 4 nitrogen and oxygen atoms in total. The largest absolute Gasteiger partial charge is 0.360 e. The van der Waals surface area contributed by atoms with Gasteiger partial charge in [0.05, 0.1) is 5.56 Å². The lowest BCUT2D eigenvalue weighted by Crippen LogP contribution is -2.27. The van der Waals surface area contributed by atoms with Crippen LogP contribution in [-0.2, 0) is 4.79 Å². The highest BCUT2D eigenvalue weighted by atomic mass is 16.2. The quantitative estimate of drug-likeness (QED) is 0.565. The number of fused-ring (bicyclic) bond motifs is 1. The molecular weight excluding hydrogens is 192 g/mol. The molecule has 76 valence electrons. The maximum absolute atomic E-state index is 11.6. The molecule has 1 aromatic carbocycles. The summed E-state index contributed by atoms with van der Waals surface area (Å²) in [7, 11) is 1.44. The monoisotopic (exact) mass is 202 g/mol. The van der Waals surface area contributed by atoms with Crippen LogP contribution in [0.4, 0.5) is 0 Å². The molecule has 0 aliphatic heterocycles. The molecule has 2 aromatic rings. The number of likely N-dealkylation sites (N-methyl/N-ethyl adjacent to an activating group) is 1. The number of Topliss-reactive ketones (excluding diaryl/α,β-unsaturated/α-hetero) is 1. The van der Waals surface area contributed by atoms with E-state index in [0.29, 0.717) is 5.56 Å². The second-order valence-corrected chi connectivity index (χ2v) is 3.16. The molecule has 15 heavy (non-hydrogen) atoms. The number of rotatable bonds is 2. The van der Waals surface area contributed by atoms with E-state index in [-0.39, 0.29) is 0 Å². The smallest absolute Gasteiger partial charge is 0.292 e. The van der Waals surface area contributed by atoms with Gasteiger partial charge < -0.3 is 10.3 Å². The maximum Gasteiger partial charge on any atom is 0.292 e. The molecule has 0 radical (unpaired) electrons. The Balaban J connectivity index is 2.53. The van der Waals surface area contributed by atoms with E-state index in [1.807, 2.05) is 24.3 Å². The van der Waals surface area contributed by atoms with Crippen molar-refractivity contribution in [3.05, 3.63) is 36.0 Å². The Morgan fingerprint density at radius 1 is 1.27 bits per heavy atom. The molecule has 4 heteroatoms. The molecule has 0 bridgehead atoms. The molecule has 1 aromatic heterocycles. The Labute approximate surface area is 86.3 Å². The van der Waals surface area contributed by atoms with Crippen molar-refractivity contribution < 1.29 is 9.59 Å². The lowest BCUT2D eigenvalue weighted by atomic mass is 10.1. The number of nitrogens with one attached hydrogen (secondary N) is 2. The summed E-state index contributed by atoms with van der Waals surface area (Å²) in [6, 6.07) is 7.36. The van der Waals surface area contributed by atoms with Crippen LogP contribution >= 0.6 is 0 Å². The number of para-hydroxylation sites is 1. The zero-order valence-corrected chi connectivity index (χ0v) is 8.20. The zero-order chi connectivity index (χ0) is 10.8. The van der Waals surface area contributed by atoms with Crippen molar-refractivity contribution in [3.8, 4) is 0 Å². The van der Waals surface area contributed by atoms with Gasteiger partial charge in [0.2, 0.25) is 0 Å². The fourth-order valence-electron chi connectivity index (χ4n) is 1.50. The summed E-state index contributed by atoms with van der Waals surface area (Å²) >= 11 is 0. The molecule has 2 rings (SSSR count). The molecule has 0 spiro atoms. The van der Waals surface area contributed by atoms with Crippen LogP contribution in [-0.4, -0.2) is 23.7 Å². The van der Waals surface area contributed by atoms with Crippen molar-refractivity contribution in [2.45, 2.75) is 0 Å². The van der Waals surface area contributed by atoms with Crippen LogP contribution in [0.2, 0.25) is 0 Å². The molecule has 0 aliphatic rings. The predicted octanol–water partition coefficient (Wildman–Crippen LogP) is 1.10. The lowest BCUT2D eigenvalue weighted by molar-refractivity contribution is -0.116. The van der Waals surface area contributed by atoms with Gasteiger partial charge in [0.15, 0.2) is 0 Å². The van der Waals surface area contributed by atoms with E-state index in [1.165, 1.54) is 7.05 Å². The van der Waals surface area contributed by atoms with Gasteiger partial charge in [-0.25, -0.2) is 0 Å². The molecule has 1 amide bonds. The van der Waals surface area contributed by atoms with E-state index >= 15 is 0 Å². The number of carbonyl (C=O) groups is 2. The van der Waals surface area contributed by atoms with Crippen LogP contribution in [0.15, 0.2) is 30.5 Å². The standard InChI is InChI=1S/C11H10N2O2/c1-12-11(15)10(14)8-6-13-9-5-3-2-4-7(8)9/h2-6,13H,1H3,(H,12,15). The van der Waals surface area contributed by atoms with Crippen LogP contribution in [0.3, 0.4) is 0 Å². The van der Waals surface area contributed by atoms with Gasteiger partial charge in [-0.1, -0.05) is 18.2 Å². The fourth-order valence-corrected chi connectivity index (χ4v) is 1.50. The van der Waals surface area contributed by atoms with Gasteiger partial charge in [-0.3, -0.25) is 9.59 Å². The Morgan fingerprint density at radius 3 is 2.73 bits per heavy atom. The van der Waals surface area contributed by atoms with Crippen LogP contribution in [0.5, 0.6) is 0 Å². The van der Waals surface area contributed by atoms with E-state index < -0.39 is 11.7 Å². The summed E-state index contributed by atoms with van der Waals surface area (Å²) in [5.41, 5.74) is 1.26. The Hall–Kier alpha value is -2.10. The van der Waals surface area contributed by atoms with Crippen molar-refractivity contribution in [1.82, 2.24) is 10.3 Å². The minimum atomic E-state index is -0.597. The summed E-state index contributed by atoms with van der Waals surface area (Å²) in [5, 5.41) is 3.08. The SMILES string of the molecule is CNC(=O)C(=O)c1c[nH]c2ccccc12. The van der Waals surface area contributed by atoms with Crippen LogP contribution in [0.1, 0.15) is 10.4 Å². The zero-order valence-electron chi connectivity index (χ0n) is 8.20. The first kappa shape index (κ1) is 9.45. The second kappa shape index (κ2) is 3.57. The third-order valence-electron chi connectivity index (χ3n) is 2.27. The van der Waals surface area contributed by atoms with Gasteiger partial charge in [-0.15, -0.1) is 0 Å². The molecule has 0 unspecified atom stereocenters. The van der Waals surface area contributed by atoms with E-state index in [2.05, 4.69) is 10.3 Å². The predicted molar refractivity (Wildman–Crippen MR) is 56.7 cm³/mol. The molecule has 0 atom stereocenters. The summed E-state index contributed by atoms with van der Waals surface area (Å²) in [5.74, 6) is -1.12. The van der Waals surface area contributed by atoms with Gasteiger partial charge >= 0.3 is 0 Å². The second-order valence-electron chi connectivity index (χ2n) is 3.16. The first-order valence-corrected chi connectivity index (χ1v) is 4.56. The Morgan fingerprint density at radius 2 is 2.00 bits per heavy atom. The number of H-pyrrole nitrogens is 1. The average Bonchev–Trinajstić information content (AvgIpc) is 2.70. The van der Waals surface area contributed by atoms with Crippen LogP contribution < -0.4 is 5.32 Å². The fraction of sp³-hybridized carbons (Fsp3) is 0.0909. The Bertz CT molecular complexity index is 528. The van der Waals surface area contributed by atoms with Gasteiger partial charge in [-0.2, -0.15) is 0 Å². The van der Waals surface area contributed by atoms with Crippen LogP contribution in [0, 0.1) is 0 Å². The third kappa shape index (κ3) is 1.50. The highest BCUT2D eigenvalue weighted by Crippen LogP contribution is 2.17. The molecule has 2 N–H and O–H groups in total. The highest BCUT2D eigenvalue weighted by molar-refractivity contribution is 6.44. The number of benzene rings is 1. The summed E-state index contributed by atoms with van der Waals surface area (Å²) in [6.07, 6.45) is 1.56. The summed E-state index contributed by atoms with van der Waals surface area (Å²) < 4.78 is 0. The molecule has 0 saturated heterocycles. The van der Waals surface area contributed by atoms with Crippen molar-refractivity contribution in [2.24, 2.45) is 0 Å². The summed E-state index contributed by atoms with van der Waals surface area (Å²) in [6.45, 7) is 0. The van der Waals surface area contributed by atoms with Gasteiger partial charge in [0.1, 0.15) is 0 Å². The maximum atomic E-state index is 11.6. The Kier molecular flexibility index (Phi) is 2.25. The third-order valence-corrected chi connectivity index (χ3v) is 2.27. The molecule has 0 saturated carbocycles. The van der Waals surface area contributed by atoms with E-state index in [1.54, 1.807) is 6.20 Å². The van der Waals surface area contributed by atoms with Crippen molar-refractivity contribution in [3.63, 3.8) is 0 Å². The number of carbonyl (C=O) groups excluding carboxylic acids is 2. The summed E-state index contributed by atoms with van der Waals surface area (Å²) in [4.78, 5) is 25.7. The van der Waals surface area contributed by atoms with Crippen molar-refractivity contribution in [1.29, 1.82) is 0 Å². The number of hydrogen-bond acceptors (Lipinski definition) is 2. The van der Waals surface area contributed by atoms with Gasteiger partial charge in [0.25, 0.3) is 11.7 Å². The van der Waals surface area contributed by atoms with E-state index in [4.69, 9.17) is 0 Å². The average molecular weight is 202 g/mol.